The summed E-state index contributed by atoms with van der Waals surface area (Å²) < 4.78 is 0. The molecule has 0 fully saturated rings. The summed E-state index contributed by atoms with van der Waals surface area (Å²) in [5.41, 5.74) is 1.00. The predicted molar refractivity (Wildman–Crippen MR) is 71.3 cm³/mol. The zero-order chi connectivity index (χ0) is 12.1. The summed E-state index contributed by atoms with van der Waals surface area (Å²) in [7, 11) is 0. The van der Waals surface area contributed by atoms with Crippen molar-refractivity contribution >= 4 is 22.7 Å². The van der Waals surface area contributed by atoms with Crippen LogP contribution in [0.5, 0.6) is 0 Å². The van der Waals surface area contributed by atoms with Gasteiger partial charge in [-0.2, -0.15) is 0 Å². The zero-order valence-electron chi connectivity index (χ0n) is 9.89. The second-order valence-electron chi connectivity index (χ2n) is 3.87. The largest absolute Gasteiger partial charge is 0.396 e. The lowest BCUT2D eigenvalue weighted by atomic mass is 10.2. The number of unbranched alkanes of at least 4 members (excludes halogenated alkanes) is 1. The van der Waals surface area contributed by atoms with Crippen LogP contribution in [0.1, 0.15) is 18.7 Å². The summed E-state index contributed by atoms with van der Waals surface area (Å²) in [6.07, 6.45) is 1.87. The summed E-state index contributed by atoms with van der Waals surface area (Å²) in [5, 5.41) is 10.9. The van der Waals surface area contributed by atoms with E-state index < -0.39 is 0 Å². The van der Waals surface area contributed by atoms with Crippen LogP contribution in [-0.4, -0.2) is 27.4 Å². The molecule has 0 unspecified atom stereocenters. The number of aliphatic hydroxyl groups is 1. The minimum atomic E-state index is 0.268. The number of nitrogens with zero attached hydrogens (tertiary/aromatic N) is 2. The number of hydrogen-bond acceptors (Lipinski definition) is 4. The Labute approximate surface area is 105 Å². The molecule has 90 valence electrons. The highest BCUT2D eigenvalue weighted by Gasteiger charge is 2.05. The molecule has 1 N–H and O–H groups in total. The van der Waals surface area contributed by atoms with Gasteiger partial charge in [-0.1, -0.05) is 18.2 Å². The average Bonchev–Trinajstić information content (AvgIpc) is 2.34. The van der Waals surface area contributed by atoms with Crippen molar-refractivity contribution in [2.24, 2.45) is 0 Å². The third kappa shape index (κ3) is 3.17. The van der Waals surface area contributed by atoms with Crippen molar-refractivity contribution < 1.29 is 5.11 Å². The predicted octanol–water partition coefficient (Wildman–Crippen LogP) is 2.80. The molecule has 0 spiro atoms. The zero-order valence-corrected chi connectivity index (χ0v) is 10.7. The Hall–Kier alpha value is -1.13. The third-order valence-corrected chi connectivity index (χ3v) is 3.55. The molecule has 1 aromatic heterocycles. The molecule has 0 radical (unpaired) electrons. The molecule has 4 heteroatoms. The van der Waals surface area contributed by atoms with Crippen molar-refractivity contribution in [3.8, 4) is 0 Å². The summed E-state index contributed by atoms with van der Waals surface area (Å²) in [6.45, 7) is 2.19. The number of aliphatic hydroxyl groups excluding tert-OH is 1. The lowest BCUT2D eigenvalue weighted by molar-refractivity contribution is 0.287. The molecule has 1 aromatic carbocycles. The maximum Gasteiger partial charge on any atom is 0.127 e. The van der Waals surface area contributed by atoms with Gasteiger partial charge >= 0.3 is 0 Å². The monoisotopic (exact) mass is 248 g/mol. The van der Waals surface area contributed by atoms with Gasteiger partial charge in [-0.3, -0.25) is 0 Å². The van der Waals surface area contributed by atoms with Gasteiger partial charge in [-0.05, 0) is 31.6 Å². The van der Waals surface area contributed by atoms with Gasteiger partial charge in [-0.15, -0.1) is 11.8 Å². The van der Waals surface area contributed by atoms with Crippen molar-refractivity contribution in [1.29, 1.82) is 0 Å². The van der Waals surface area contributed by atoms with Gasteiger partial charge in [0.1, 0.15) is 10.9 Å². The molecule has 2 aromatic rings. The average molecular weight is 248 g/mol. The Morgan fingerprint density at radius 3 is 2.82 bits per heavy atom. The van der Waals surface area contributed by atoms with Gasteiger partial charge in [0.15, 0.2) is 0 Å². The van der Waals surface area contributed by atoms with E-state index >= 15 is 0 Å². The van der Waals surface area contributed by atoms with E-state index in [1.807, 2.05) is 25.1 Å². The normalized spacial score (nSPS) is 10.9. The number of para-hydroxylation sites is 1. The first-order chi connectivity index (χ1) is 8.31. The van der Waals surface area contributed by atoms with Crippen LogP contribution in [0.25, 0.3) is 10.9 Å². The number of aryl methyl sites for hydroxylation is 1. The van der Waals surface area contributed by atoms with Gasteiger partial charge in [0.05, 0.1) is 5.52 Å². The van der Waals surface area contributed by atoms with Gasteiger partial charge in [0.2, 0.25) is 0 Å². The SMILES string of the molecule is Cc1nc(SCCCCO)c2ccccc2n1. The molecule has 3 nitrogen and oxygen atoms in total. The van der Waals surface area contributed by atoms with E-state index in [1.54, 1.807) is 11.8 Å². The summed E-state index contributed by atoms with van der Waals surface area (Å²) >= 11 is 1.74. The van der Waals surface area contributed by atoms with E-state index in [0.717, 1.165) is 40.3 Å². The van der Waals surface area contributed by atoms with Gasteiger partial charge in [0, 0.05) is 12.0 Å². The Balaban J connectivity index is 2.20. The number of thioether (sulfide) groups is 1. The Kier molecular flexibility index (Phi) is 4.34. The topological polar surface area (TPSA) is 46.0 Å². The first-order valence-electron chi connectivity index (χ1n) is 5.78. The maximum absolute atomic E-state index is 8.74. The second kappa shape index (κ2) is 5.98. The number of rotatable bonds is 5. The third-order valence-electron chi connectivity index (χ3n) is 2.47. The summed E-state index contributed by atoms with van der Waals surface area (Å²) in [4.78, 5) is 8.90. The molecule has 0 amide bonds. The molecule has 0 bridgehead atoms. The van der Waals surface area contributed by atoms with Crippen LogP contribution in [-0.2, 0) is 0 Å². The van der Waals surface area contributed by atoms with Gasteiger partial charge in [-0.25, -0.2) is 9.97 Å². The van der Waals surface area contributed by atoms with Gasteiger partial charge < -0.3 is 5.11 Å². The van der Waals surface area contributed by atoms with Crippen LogP contribution >= 0.6 is 11.8 Å². The summed E-state index contributed by atoms with van der Waals surface area (Å²) in [5.74, 6) is 1.80. The Morgan fingerprint density at radius 2 is 2.00 bits per heavy atom. The van der Waals surface area contributed by atoms with Crippen LogP contribution in [0.4, 0.5) is 0 Å². The van der Waals surface area contributed by atoms with E-state index in [1.165, 1.54) is 0 Å². The Bertz CT molecular complexity index is 502. The summed E-state index contributed by atoms with van der Waals surface area (Å²) in [6, 6.07) is 8.08. The van der Waals surface area contributed by atoms with E-state index in [2.05, 4.69) is 16.0 Å². The molecule has 1 heterocycles. The molecule has 2 rings (SSSR count). The van der Waals surface area contributed by atoms with E-state index in [-0.39, 0.29) is 6.61 Å². The lowest BCUT2D eigenvalue weighted by Crippen LogP contribution is -1.93. The fourth-order valence-corrected chi connectivity index (χ4v) is 2.72. The first-order valence-corrected chi connectivity index (χ1v) is 6.77. The highest BCUT2D eigenvalue weighted by Crippen LogP contribution is 2.25. The van der Waals surface area contributed by atoms with E-state index in [9.17, 15) is 0 Å². The number of aromatic nitrogens is 2. The van der Waals surface area contributed by atoms with Crippen molar-refractivity contribution in [2.45, 2.75) is 24.8 Å². The van der Waals surface area contributed by atoms with Crippen LogP contribution < -0.4 is 0 Å². The number of fused-ring (bicyclic) bond motifs is 1. The van der Waals surface area contributed by atoms with Crippen LogP contribution in [0.3, 0.4) is 0 Å². The first kappa shape index (κ1) is 12.3. The number of benzene rings is 1. The van der Waals surface area contributed by atoms with Crippen LogP contribution in [0.15, 0.2) is 29.3 Å². The molecule has 0 aliphatic heterocycles. The molecule has 0 saturated carbocycles. The molecular weight excluding hydrogens is 232 g/mol. The minimum Gasteiger partial charge on any atom is -0.396 e. The number of hydrogen-bond donors (Lipinski definition) is 1. The smallest absolute Gasteiger partial charge is 0.127 e. The lowest BCUT2D eigenvalue weighted by Gasteiger charge is -2.05. The molecule has 0 aliphatic rings. The van der Waals surface area contributed by atoms with Crippen molar-refractivity contribution in [2.75, 3.05) is 12.4 Å². The molecule has 0 saturated heterocycles. The van der Waals surface area contributed by atoms with Crippen LogP contribution in [0.2, 0.25) is 0 Å². The maximum atomic E-state index is 8.74. The molecular formula is C13H16N2OS. The molecule has 17 heavy (non-hydrogen) atoms. The van der Waals surface area contributed by atoms with E-state index in [0.29, 0.717) is 0 Å². The standard InChI is InChI=1S/C13H16N2OS/c1-10-14-12-7-3-2-6-11(12)13(15-10)17-9-5-4-8-16/h2-3,6-7,16H,4-5,8-9H2,1H3. The quantitative estimate of drug-likeness (QED) is 0.502. The highest BCUT2D eigenvalue weighted by atomic mass is 32.2. The van der Waals surface area contributed by atoms with Crippen molar-refractivity contribution in [3.63, 3.8) is 0 Å². The molecule has 0 aliphatic carbocycles. The van der Waals surface area contributed by atoms with Crippen molar-refractivity contribution in [1.82, 2.24) is 9.97 Å². The second-order valence-corrected chi connectivity index (χ2v) is 4.96. The van der Waals surface area contributed by atoms with Crippen molar-refractivity contribution in [3.05, 3.63) is 30.1 Å². The molecule has 0 atom stereocenters. The van der Waals surface area contributed by atoms with E-state index in [4.69, 9.17) is 5.11 Å². The van der Waals surface area contributed by atoms with Crippen LogP contribution in [0, 0.1) is 6.92 Å². The highest BCUT2D eigenvalue weighted by molar-refractivity contribution is 7.99. The fourth-order valence-electron chi connectivity index (χ4n) is 1.65. The Morgan fingerprint density at radius 1 is 1.18 bits per heavy atom. The van der Waals surface area contributed by atoms with Gasteiger partial charge in [0.25, 0.3) is 0 Å². The fraction of sp³-hybridized carbons (Fsp3) is 0.385. The minimum absolute atomic E-state index is 0.268.